The van der Waals surface area contributed by atoms with Crippen molar-refractivity contribution in [1.29, 1.82) is 0 Å². The molecule has 1 aliphatic heterocycles. The average molecular weight is 243 g/mol. The lowest BCUT2D eigenvalue weighted by atomic mass is 9.99. The van der Waals surface area contributed by atoms with Gasteiger partial charge in [0.05, 0.1) is 0 Å². The first-order valence-electron chi connectivity index (χ1n) is 4.51. The number of carboxylic acid groups (broad SMARTS) is 1. The lowest BCUT2D eigenvalue weighted by molar-refractivity contribution is -0.143. The molecule has 16 heavy (non-hydrogen) atoms. The van der Waals surface area contributed by atoms with Crippen molar-refractivity contribution in [3.8, 4) is 0 Å². The molecule has 1 aliphatic rings. The summed E-state index contributed by atoms with van der Waals surface area (Å²) in [5.74, 6) is -0.754. The van der Waals surface area contributed by atoms with Crippen LogP contribution in [0.25, 0.3) is 0 Å². The Balaban J connectivity index is 2.13. The zero-order valence-corrected chi connectivity index (χ0v) is 8.95. The third-order valence-electron chi connectivity index (χ3n) is 2.33. The Morgan fingerprint density at radius 3 is 2.88 bits per heavy atom. The number of nitrogens with zero attached hydrogens (tertiary/aromatic N) is 3. The van der Waals surface area contributed by atoms with Gasteiger partial charge in [0.15, 0.2) is 0 Å². The zero-order valence-electron chi connectivity index (χ0n) is 8.13. The molecule has 1 unspecified atom stereocenters. The Morgan fingerprint density at radius 1 is 1.56 bits per heavy atom. The highest BCUT2D eigenvalue weighted by molar-refractivity contribution is 7.99. The molecule has 1 amide bonds. The Kier molecular flexibility index (Phi) is 2.77. The number of carbonyl (C=O) groups excluding carboxylic acids is 1. The standard InChI is InChI=1S/C7H9N5O3S/c13-5(4-9-11-12-10-4)8-7(6(14)15)1-2-16-3-7/h1-3H2,(H,8,13)(H,14,15)(H,9,10,11,12). The van der Waals surface area contributed by atoms with Gasteiger partial charge in [-0.05, 0) is 17.4 Å². The zero-order chi connectivity index (χ0) is 11.6. The fourth-order valence-electron chi connectivity index (χ4n) is 1.42. The van der Waals surface area contributed by atoms with Crippen molar-refractivity contribution in [2.24, 2.45) is 0 Å². The molecular formula is C7H9N5O3S. The van der Waals surface area contributed by atoms with Crippen LogP contribution in [0, 0.1) is 0 Å². The molecular weight excluding hydrogens is 234 g/mol. The molecule has 1 fully saturated rings. The van der Waals surface area contributed by atoms with Gasteiger partial charge in [0.2, 0.25) is 0 Å². The molecule has 0 aromatic carbocycles. The Labute approximate surface area is 94.2 Å². The summed E-state index contributed by atoms with van der Waals surface area (Å²) in [6, 6.07) is 0. The van der Waals surface area contributed by atoms with E-state index in [9.17, 15) is 9.59 Å². The van der Waals surface area contributed by atoms with E-state index >= 15 is 0 Å². The number of rotatable bonds is 3. The second-order valence-electron chi connectivity index (χ2n) is 3.38. The first kappa shape index (κ1) is 10.9. The number of carboxylic acids is 1. The third kappa shape index (κ3) is 1.85. The van der Waals surface area contributed by atoms with Crippen molar-refractivity contribution in [3.05, 3.63) is 5.82 Å². The van der Waals surface area contributed by atoms with Gasteiger partial charge in [-0.3, -0.25) is 4.79 Å². The minimum absolute atomic E-state index is 0.155. The maximum Gasteiger partial charge on any atom is 0.330 e. The molecule has 2 heterocycles. The van der Waals surface area contributed by atoms with E-state index in [1.807, 2.05) is 0 Å². The number of tetrazole rings is 1. The summed E-state index contributed by atoms with van der Waals surface area (Å²) < 4.78 is 0. The van der Waals surface area contributed by atoms with E-state index in [1.54, 1.807) is 0 Å². The molecule has 0 aliphatic carbocycles. The van der Waals surface area contributed by atoms with Gasteiger partial charge in [-0.1, -0.05) is 0 Å². The largest absolute Gasteiger partial charge is 0.479 e. The van der Waals surface area contributed by atoms with Gasteiger partial charge >= 0.3 is 5.97 Å². The van der Waals surface area contributed by atoms with Crippen LogP contribution in [-0.2, 0) is 4.79 Å². The van der Waals surface area contributed by atoms with E-state index < -0.39 is 17.4 Å². The molecule has 1 aromatic heterocycles. The average Bonchev–Trinajstić information content (AvgIpc) is 2.88. The SMILES string of the molecule is O=C(NC1(C(=O)O)CCSC1)c1nn[nH]n1. The van der Waals surface area contributed by atoms with Crippen LogP contribution >= 0.6 is 11.8 Å². The number of hydrogen-bond acceptors (Lipinski definition) is 6. The maximum atomic E-state index is 11.6. The Hall–Kier alpha value is -1.64. The molecule has 1 saturated heterocycles. The molecule has 9 heteroatoms. The van der Waals surface area contributed by atoms with Crippen molar-refractivity contribution in [2.75, 3.05) is 11.5 Å². The number of aromatic nitrogens is 4. The highest BCUT2D eigenvalue weighted by atomic mass is 32.2. The van der Waals surface area contributed by atoms with Crippen molar-refractivity contribution in [1.82, 2.24) is 25.9 Å². The predicted molar refractivity (Wildman–Crippen MR) is 54.0 cm³/mol. The smallest absolute Gasteiger partial charge is 0.330 e. The van der Waals surface area contributed by atoms with Gasteiger partial charge in [-0.2, -0.15) is 17.0 Å². The fourth-order valence-corrected chi connectivity index (χ4v) is 2.74. The van der Waals surface area contributed by atoms with Crippen molar-refractivity contribution in [2.45, 2.75) is 12.0 Å². The Morgan fingerprint density at radius 2 is 2.38 bits per heavy atom. The summed E-state index contributed by atoms with van der Waals surface area (Å²) in [6.07, 6.45) is 0.399. The molecule has 0 spiro atoms. The number of aliphatic carboxylic acids is 1. The maximum absolute atomic E-state index is 11.6. The van der Waals surface area contributed by atoms with Crippen molar-refractivity contribution < 1.29 is 14.7 Å². The monoisotopic (exact) mass is 243 g/mol. The van der Waals surface area contributed by atoms with Gasteiger partial charge in [0, 0.05) is 5.75 Å². The quantitative estimate of drug-likeness (QED) is 0.615. The number of thioether (sulfide) groups is 1. The van der Waals surface area contributed by atoms with E-state index in [1.165, 1.54) is 11.8 Å². The summed E-state index contributed by atoms with van der Waals surface area (Å²) in [7, 11) is 0. The first-order valence-corrected chi connectivity index (χ1v) is 5.67. The van der Waals surface area contributed by atoms with Gasteiger partial charge < -0.3 is 10.4 Å². The van der Waals surface area contributed by atoms with Gasteiger partial charge in [-0.25, -0.2) is 4.79 Å². The highest BCUT2D eigenvalue weighted by Gasteiger charge is 2.43. The molecule has 0 bridgehead atoms. The summed E-state index contributed by atoms with van der Waals surface area (Å²) in [5.41, 5.74) is -1.21. The van der Waals surface area contributed by atoms with E-state index in [0.29, 0.717) is 17.9 Å². The molecule has 8 nitrogen and oxygen atoms in total. The second kappa shape index (κ2) is 4.08. The molecule has 0 radical (unpaired) electrons. The van der Waals surface area contributed by atoms with Crippen molar-refractivity contribution >= 4 is 23.6 Å². The van der Waals surface area contributed by atoms with Crippen molar-refractivity contribution in [3.63, 3.8) is 0 Å². The number of aromatic amines is 1. The van der Waals surface area contributed by atoms with Crippen LogP contribution in [0.15, 0.2) is 0 Å². The summed E-state index contributed by atoms with van der Waals surface area (Å²) >= 11 is 1.49. The number of amides is 1. The van der Waals surface area contributed by atoms with Crippen LogP contribution in [0.2, 0.25) is 0 Å². The molecule has 1 atom stereocenters. The van der Waals surface area contributed by atoms with Crippen LogP contribution in [0.5, 0.6) is 0 Å². The minimum Gasteiger partial charge on any atom is -0.479 e. The van der Waals surface area contributed by atoms with Crippen LogP contribution < -0.4 is 5.32 Å². The lowest BCUT2D eigenvalue weighted by Gasteiger charge is -2.23. The molecule has 1 aromatic rings. The normalized spacial score (nSPS) is 24.2. The number of H-pyrrole nitrogens is 1. The molecule has 2 rings (SSSR count). The number of hydrogen-bond donors (Lipinski definition) is 3. The summed E-state index contributed by atoms with van der Waals surface area (Å²) in [6.45, 7) is 0. The van der Waals surface area contributed by atoms with E-state index in [4.69, 9.17) is 5.11 Å². The molecule has 3 N–H and O–H groups in total. The van der Waals surface area contributed by atoms with Gasteiger partial charge in [0.1, 0.15) is 5.54 Å². The Bertz CT molecular complexity index is 400. The van der Waals surface area contributed by atoms with E-state index in [0.717, 1.165) is 0 Å². The second-order valence-corrected chi connectivity index (χ2v) is 4.48. The third-order valence-corrected chi connectivity index (χ3v) is 3.52. The number of carbonyl (C=O) groups is 2. The minimum atomic E-state index is -1.21. The van der Waals surface area contributed by atoms with Gasteiger partial charge in [-0.15, -0.1) is 10.2 Å². The number of nitrogens with one attached hydrogen (secondary N) is 2. The van der Waals surface area contributed by atoms with E-state index in [2.05, 4.69) is 25.9 Å². The van der Waals surface area contributed by atoms with E-state index in [-0.39, 0.29) is 5.82 Å². The lowest BCUT2D eigenvalue weighted by Crippen LogP contribution is -2.55. The first-order chi connectivity index (χ1) is 7.64. The summed E-state index contributed by atoms with van der Waals surface area (Å²) in [5, 5.41) is 23.9. The predicted octanol–water partition coefficient (Wildman–Crippen LogP) is -1.11. The van der Waals surface area contributed by atoms with Crippen LogP contribution in [-0.4, -0.2) is 54.7 Å². The van der Waals surface area contributed by atoms with Crippen LogP contribution in [0.4, 0.5) is 0 Å². The van der Waals surface area contributed by atoms with Crippen LogP contribution in [0.3, 0.4) is 0 Å². The summed E-state index contributed by atoms with van der Waals surface area (Å²) in [4.78, 5) is 22.7. The van der Waals surface area contributed by atoms with Crippen LogP contribution in [0.1, 0.15) is 17.0 Å². The van der Waals surface area contributed by atoms with Gasteiger partial charge in [0.25, 0.3) is 11.7 Å². The molecule has 0 saturated carbocycles. The highest BCUT2D eigenvalue weighted by Crippen LogP contribution is 2.28. The fraction of sp³-hybridized carbons (Fsp3) is 0.571. The molecule has 86 valence electrons. The topological polar surface area (TPSA) is 121 Å².